The Balaban J connectivity index is 1.82. The second-order valence-corrected chi connectivity index (χ2v) is 6.07. The summed E-state index contributed by atoms with van der Waals surface area (Å²) in [4.78, 5) is 12.4. The van der Waals surface area contributed by atoms with Crippen molar-refractivity contribution in [1.29, 1.82) is 0 Å². The first-order valence-corrected chi connectivity index (χ1v) is 8.28. The maximum atomic E-state index is 12.4. The number of rotatable bonds is 4. The number of hydrogen-bond acceptors (Lipinski definition) is 2. The van der Waals surface area contributed by atoms with Gasteiger partial charge in [-0.2, -0.15) is 0 Å². The molecule has 0 radical (unpaired) electrons. The number of amides is 1. The molecule has 0 aliphatic rings. The SMILES string of the molecule is CCc1ccccc1NC(=O)c1ccc(-c2ccc(Cl)c(Cl)c2)o1. The Kier molecular flexibility index (Phi) is 4.93. The van der Waals surface area contributed by atoms with Crippen LogP contribution in [0.5, 0.6) is 0 Å². The topological polar surface area (TPSA) is 42.2 Å². The summed E-state index contributed by atoms with van der Waals surface area (Å²) in [6, 6.07) is 16.3. The molecule has 3 aromatic rings. The Morgan fingerprint density at radius 2 is 1.83 bits per heavy atom. The summed E-state index contributed by atoms with van der Waals surface area (Å²) in [5.41, 5.74) is 2.62. The van der Waals surface area contributed by atoms with Gasteiger partial charge in [0.1, 0.15) is 5.76 Å². The maximum Gasteiger partial charge on any atom is 0.291 e. The minimum Gasteiger partial charge on any atom is -0.451 e. The van der Waals surface area contributed by atoms with Gasteiger partial charge in [0.05, 0.1) is 10.0 Å². The highest BCUT2D eigenvalue weighted by Gasteiger charge is 2.14. The lowest BCUT2D eigenvalue weighted by Crippen LogP contribution is -2.12. The lowest BCUT2D eigenvalue weighted by molar-refractivity contribution is 0.0997. The van der Waals surface area contributed by atoms with E-state index in [1.807, 2.05) is 31.2 Å². The van der Waals surface area contributed by atoms with Crippen molar-refractivity contribution in [3.8, 4) is 11.3 Å². The van der Waals surface area contributed by atoms with Crippen LogP contribution in [0.4, 0.5) is 5.69 Å². The average Bonchev–Trinajstić information content (AvgIpc) is 3.08. The summed E-state index contributed by atoms with van der Waals surface area (Å²) >= 11 is 11.9. The molecule has 0 saturated carbocycles. The van der Waals surface area contributed by atoms with Gasteiger partial charge in [0.15, 0.2) is 5.76 Å². The summed E-state index contributed by atoms with van der Waals surface area (Å²) in [6.45, 7) is 2.04. The van der Waals surface area contributed by atoms with E-state index in [0.29, 0.717) is 15.8 Å². The third kappa shape index (κ3) is 3.48. The fraction of sp³-hybridized carbons (Fsp3) is 0.105. The van der Waals surface area contributed by atoms with Crippen LogP contribution in [0.25, 0.3) is 11.3 Å². The van der Waals surface area contributed by atoms with Crippen LogP contribution >= 0.6 is 23.2 Å². The molecular formula is C19H15Cl2NO2. The minimum atomic E-state index is -0.290. The predicted octanol–water partition coefficient (Wildman–Crippen LogP) is 6.07. The smallest absolute Gasteiger partial charge is 0.291 e. The highest BCUT2D eigenvalue weighted by molar-refractivity contribution is 6.42. The molecule has 5 heteroatoms. The molecule has 1 amide bonds. The first-order valence-electron chi connectivity index (χ1n) is 7.53. The van der Waals surface area contributed by atoms with E-state index < -0.39 is 0 Å². The number of carbonyl (C=O) groups is 1. The monoisotopic (exact) mass is 359 g/mol. The quantitative estimate of drug-likeness (QED) is 0.614. The molecule has 0 unspecified atom stereocenters. The van der Waals surface area contributed by atoms with E-state index in [1.165, 1.54) is 0 Å². The van der Waals surface area contributed by atoms with Gasteiger partial charge in [-0.25, -0.2) is 0 Å². The molecular weight excluding hydrogens is 345 g/mol. The van der Waals surface area contributed by atoms with Gasteiger partial charge >= 0.3 is 0 Å². The number of nitrogens with one attached hydrogen (secondary N) is 1. The van der Waals surface area contributed by atoms with E-state index in [9.17, 15) is 4.79 Å². The number of aryl methyl sites for hydroxylation is 1. The van der Waals surface area contributed by atoms with Crippen LogP contribution in [0.15, 0.2) is 59.0 Å². The fourth-order valence-corrected chi connectivity index (χ4v) is 2.70. The first-order chi connectivity index (χ1) is 11.6. The molecule has 0 aliphatic heterocycles. The molecule has 0 aliphatic carbocycles. The summed E-state index contributed by atoms with van der Waals surface area (Å²) in [6.07, 6.45) is 0.836. The van der Waals surface area contributed by atoms with Crippen LogP contribution < -0.4 is 5.32 Å². The summed E-state index contributed by atoms with van der Waals surface area (Å²) in [5, 5.41) is 3.79. The molecule has 3 rings (SSSR count). The van der Waals surface area contributed by atoms with Gasteiger partial charge in [-0.15, -0.1) is 0 Å². The second-order valence-electron chi connectivity index (χ2n) is 5.26. The van der Waals surface area contributed by atoms with E-state index in [0.717, 1.165) is 23.2 Å². The Morgan fingerprint density at radius 1 is 1.04 bits per heavy atom. The van der Waals surface area contributed by atoms with Crippen LogP contribution in [0.2, 0.25) is 10.0 Å². The Hall–Kier alpha value is -2.23. The minimum absolute atomic E-state index is 0.238. The number of benzene rings is 2. The molecule has 0 spiro atoms. The second kappa shape index (κ2) is 7.12. The summed E-state index contributed by atoms with van der Waals surface area (Å²) < 4.78 is 5.66. The third-order valence-corrected chi connectivity index (χ3v) is 4.42. The van der Waals surface area contributed by atoms with Gasteiger partial charge in [0, 0.05) is 11.3 Å². The lowest BCUT2D eigenvalue weighted by atomic mass is 10.1. The molecule has 3 nitrogen and oxygen atoms in total. The molecule has 1 N–H and O–H groups in total. The molecule has 0 fully saturated rings. The highest BCUT2D eigenvalue weighted by Crippen LogP contribution is 2.29. The van der Waals surface area contributed by atoms with Gasteiger partial charge < -0.3 is 9.73 Å². The molecule has 0 bridgehead atoms. The van der Waals surface area contributed by atoms with Crippen molar-refractivity contribution in [1.82, 2.24) is 0 Å². The van der Waals surface area contributed by atoms with Crippen LogP contribution in [0.3, 0.4) is 0 Å². The van der Waals surface area contributed by atoms with Crippen LogP contribution in [0, 0.1) is 0 Å². The summed E-state index contributed by atoms with van der Waals surface area (Å²) in [7, 11) is 0. The van der Waals surface area contributed by atoms with E-state index in [-0.39, 0.29) is 11.7 Å². The van der Waals surface area contributed by atoms with E-state index in [1.54, 1.807) is 30.3 Å². The first kappa shape index (κ1) is 16.6. The predicted molar refractivity (Wildman–Crippen MR) is 97.9 cm³/mol. The zero-order valence-electron chi connectivity index (χ0n) is 13.0. The van der Waals surface area contributed by atoms with E-state index in [2.05, 4.69) is 5.32 Å². The van der Waals surface area contributed by atoms with Crippen molar-refractivity contribution in [3.05, 3.63) is 76.0 Å². The molecule has 1 aromatic heterocycles. The van der Waals surface area contributed by atoms with Crippen molar-refractivity contribution >= 4 is 34.8 Å². The normalized spacial score (nSPS) is 10.6. The number of halogens is 2. The number of para-hydroxylation sites is 1. The van der Waals surface area contributed by atoms with Crippen molar-refractivity contribution < 1.29 is 9.21 Å². The average molecular weight is 360 g/mol. The largest absolute Gasteiger partial charge is 0.451 e. The van der Waals surface area contributed by atoms with Crippen LogP contribution in [0.1, 0.15) is 23.0 Å². The zero-order chi connectivity index (χ0) is 17.1. The van der Waals surface area contributed by atoms with E-state index >= 15 is 0 Å². The Labute approximate surface area is 150 Å². The van der Waals surface area contributed by atoms with Crippen molar-refractivity contribution in [2.24, 2.45) is 0 Å². The lowest BCUT2D eigenvalue weighted by Gasteiger charge is -2.08. The number of anilines is 1. The van der Waals surface area contributed by atoms with Gasteiger partial charge in [-0.05, 0) is 48.4 Å². The number of furan rings is 1. The standard InChI is InChI=1S/C19H15Cl2NO2/c1-2-12-5-3-4-6-16(12)22-19(23)18-10-9-17(24-18)13-7-8-14(20)15(21)11-13/h3-11H,2H2,1H3,(H,22,23). The molecule has 1 heterocycles. The molecule has 24 heavy (non-hydrogen) atoms. The van der Waals surface area contributed by atoms with Crippen molar-refractivity contribution in [2.45, 2.75) is 13.3 Å². The highest BCUT2D eigenvalue weighted by atomic mass is 35.5. The fourth-order valence-electron chi connectivity index (χ4n) is 2.40. The Bertz CT molecular complexity index is 887. The molecule has 2 aromatic carbocycles. The summed E-state index contributed by atoms with van der Waals surface area (Å²) in [5.74, 6) is 0.506. The number of hydrogen-bond donors (Lipinski definition) is 1. The van der Waals surface area contributed by atoms with Gasteiger partial charge in [-0.3, -0.25) is 4.79 Å². The van der Waals surface area contributed by atoms with Gasteiger partial charge in [-0.1, -0.05) is 48.3 Å². The van der Waals surface area contributed by atoms with Crippen molar-refractivity contribution in [3.63, 3.8) is 0 Å². The van der Waals surface area contributed by atoms with Crippen LogP contribution in [-0.4, -0.2) is 5.91 Å². The van der Waals surface area contributed by atoms with Crippen LogP contribution in [-0.2, 0) is 6.42 Å². The van der Waals surface area contributed by atoms with Crippen molar-refractivity contribution in [2.75, 3.05) is 5.32 Å². The maximum absolute atomic E-state index is 12.4. The molecule has 122 valence electrons. The molecule has 0 saturated heterocycles. The van der Waals surface area contributed by atoms with Gasteiger partial charge in [0.2, 0.25) is 0 Å². The Morgan fingerprint density at radius 3 is 2.58 bits per heavy atom. The zero-order valence-corrected chi connectivity index (χ0v) is 14.5. The molecule has 0 atom stereocenters. The van der Waals surface area contributed by atoms with E-state index in [4.69, 9.17) is 27.6 Å². The number of carbonyl (C=O) groups excluding carboxylic acids is 1. The van der Waals surface area contributed by atoms with Gasteiger partial charge in [0.25, 0.3) is 5.91 Å². The third-order valence-electron chi connectivity index (χ3n) is 3.68.